The van der Waals surface area contributed by atoms with Crippen LogP contribution in [0.2, 0.25) is 0 Å². The molecule has 7 N–H and O–H groups in total. The van der Waals surface area contributed by atoms with Gasteiger partial charge in [0.2, 0.25) is 17.8 Å². The first kappa shape index (κ1) is 16.1. The minimum Gasteiger partial charge on any atom is -0.508 e. The van der Waals surface area contributed by atoms with Crippen molar-refractivity contribution < 1.29 is 9.90 Å². The zero-order valence-corrected chi connectivity index (χ0v) is 10.4. The number of hydrogen-bond donors (Lipinski definition) is 4. The average Bonchev–Trinajstić information content (AvgIpc) is 2.34. The van der Waals surface area contributed by atoms with Gasteiger partial charge in [-0.25, -0.2) is 0 Å². The zero-order valence-electron chi connectivity index (χ0n) is 10.4. The Hall–Kier alpha value is -2.90. The average molecular weight is 264 g/mol. The van der Waals surface area contributed by atoms with E-state index < -0.39 is 0 Å². The molecule has 0 bridgehead atoms. The van der Waals surface area contributed by atoms with Crippen LogP contribution in [0.15, 0.2) is 24.3 Å². The molecule has 1 heterocycles. The van der Waals surface area contributed by atoms with Crippen LogP contribution >= 0.6 is 0 Å². The second-order valence-corrected chi connectivity index (χ2v) is 3.25. The van der Waals surface area contributed by atoms with Gasteiger partial charge in [0.1, 0.15) is 12.5 Å². The summed E-state index contributed by atoms with van der Waals surface area (Å²) in [7, 11) is 0. The fraction of sp³-hybridized carbons (Fsp3) is 0.0909. The maximum atomic E-state index is 8.76. The molecule has 102 valence electrons. The van der Waals surface area contributed by atoms with Gasteiger partial charge in [0.05, 0.1) is 0 Å². The van der Waals surface area contributed by atoms with E-state index in [9.17, 15) is 0 Å². The Balaban J connectivity index is 0.000000303. The number of phenols is 1. The highest BCUT2D eigenvalue weighted by Gasteiger charge is 1.93. The van der Waals surface area contributed by atoms with Crippen molar-refractivity contribution in [2.24, 2.45) is 0 Å². The smallest absolute Gasteiger partial charge is 0.226 e. The molecule has 0 fully saturated rings. The highest BCUT2D eigenvalue weighted by atomic mass is 16.3. The summed E-state index contributed by atoms with van der Waals surface area (Å²) in [5.74, 6) is 0.454. The summed E-state index contributed by atoms with van der Waals surface area (Å²) in [5, 5.41) is 8.76. The lowest BCUT2D eigenvalue weighted by Crippen LogP contribution is -2.05. The number of nitrogens with zero attached hydrogens (tertiary/aromatic N) is 3. The first-order chi connectivity index (χ1) is 8.97. The summed E-state index contributed by atoms with van der Waals surface area (Å²) in [6, 6.07) is 7.09. The molecule has 0 atom stereocenters. The predicted octanol–water partition coefficient (Wildman–Crippen LogP) is 0.134. The van der Waals surface area contributed by atoms with Crippen LogP contribution in [-0.2, 0) is 4.79 Å². The number of rotatable bonds is 0. The molecule has 0 saturated carbocycles. The molecule has 0 saturated heterocycles. The monoisotopic (exact) mass is 264 g/mol. The molecule has 8 nitrogen and oxygen atoms in total. The van der Waals surface area contributed by atoms with Gasteiger partial charge in [-0.15, -0.1) is 0 Å². The third kappa shape index (κ3) is 7.10. The van der Waals surface area contributed by atoms with Crippen LogP contribution in [0.4, 0.5) is 17.8 Å². The molecule has 1 aromatic heterocycles. The lowest BCUT2D eigenvalue weighted by atomic mass is 10.2. The zero-order chi connectivity index (χ0) is 14.8. The second kappa shape index (κ2) is 8.23. The molecule has 8 heteroatoms. The molecule has 0 unspecified atom stereocenters. The van der Waals surface area contributed by atoms with E-state index in [-0.39, 0.29) is 17.8 Å². The van der Waals surface area contributed by atoms with E-state index >= 15 is 0 Å². The van der Waals surface area contributed by atoms with Gasteiger partial charge >= 0.3 is 0 Å². The summed E-state index contributed by atoms with van der Waals surface area (Å²) in [6.07, 6.45) is 0. The van der Waals surface area contributed by atoms with E-state index in [0.29, 0.717) is 5.75 Å². The topological polar surface area (TPSA) is 154 Å². The third-order valence-electron chi connectivity index (χ3n) is 1.72. The van der Waals surface area contributed by atoms with Gasteiger partial charge in [0.15, 0.2) is 0 Å². The van der Waals surface area contributed by atoms with Crippen molar-refractivity contribution in [2.75, 3.05) is 17.2 Å². The maximum absolute atomic E-state index is 8.76. The van der Waals surface area contributed by atoms with Crippen molar-refractivity contribution in [1.29, 1.82) is 0 Å². The van der Waals surface area contributed by atoms with Gasteiger partial charge in [-0.3, -0.25) is 0 Å². The summed E-state index contributed by atoms with van der Waals surface area (Å²) in [5.41, 5.74) is 16.6. The molecule has 1 aromatic carbocycles. The number of carbonyl (C=O) groups is 1. The second-order valence-electron chi connectivity index (χ2n) is 3.25. The molecule has 2 rings (SSSR count). The number of nitrogen functional groups attached to an aromatic ring is 3. The van der Waals surface area contributed by atoms with E-state index in [1.807, 2.05) is 25.8 Å². The van der Waals surface area contributed by atoms with Gasteiger partial charge < -0.3 is 27.1 Å². The fourth-order valence-corrected chi connectivity index (χ4v) is 0.972. The molecule has 0 aliphatic rings. The van der Waals surface area contributed by atoms with Gasteiger partial charge in [-0.2, -0.15) is 15.0 Å². The molecule has 19 heavy (non-hydrogen) atoms. The Morgan fingerprint density at radius 3 is 1.47 bits per heavy atom. The highest BCUT2D eigenvalue weighted by Crippen LogP contribution is 2.07. The number of nitrogens with two attached hydrogens (primary N) is 3. The molecule has 0 aliphatic carbocycles. The molecule has 0 aliphatic heterocycles. The Bertz CT molecular complexity index is 432. The fourth-order valence-electron chi connectivity index (χ4n) is 0.972. The van der Waals surface area contributed by atoms with Gasteiger partial charge in [-0.05, 0) is 19.1 Å². The lowest BCUT2D eigenvalue weighted by molar-refractivity contribution is -0.0979. The third-order valence-corrected chi connectivity index (χ3v) is 1.72. The Kier molecular flexibility index (Phi) is 6.97. The van der Waals surface area contributed by atoms with Crippen LogP contribution in [0.25, 0.3) is 0 Å². The van der Waals surface area contributed by atoms with Crippen molar-refractivity contribution >= 4 is 24.6 Å². The van der Waals surface area contributed by atoms with Gasteiger partial charge in [-0.1, -0.05) is 17.7 Å². The SMILES string of the molecule is C=O.Cc1ccc(O)cc1.Nc1nc(N)nc(N)n1. The lowest BCUT2D eigenvalue weighted by Gasteiger charge is -1.93. The van der Waals surface area contributed by atoms with Crippen molar-refractivity contribution in [3.63, 3.8) is 0 Å². The molecular formula is C11H16N6O2. The quantitative estimate of drug-likeness (QED) is 0.523. The predicted molar refractivity (Wildman–Crippen MR) is 73.0 cm³/mol. The number of carbonyl (C=O) groups excluding carboxylic acids is 1. The van der Waals surface area contributed by atoms with Crippen LogP contribution in [-0.4, -0.2) is 26.8 Å². The van der Waals surface area contributed by atoms with Gasteiger partial charge in [0, 0.05) is 0 Å². The van der Waals surface area contributed by atoms with Crippen LogP contribution in [0, 0.1) is 6.92 Å². The number of phenolic OH excluding ortho intramolecular Hbond substituents is 1. The van der Waals surface area contributed by atoms with Crippen LogP contribution in [0.3, 0.4) is 0 Å². The molecule has 0 spiro atoms. The van der Waals surface area contributed by atoms with E-state index in [1.54, 1.807) is 12.1 Å². The normalized spacial score (nSPS) is 8.47. The molecule has 2 aromatic rings. The summed E-state index contributed by atoms with van der Waals surface area (Å²) in [4.78, 5) is 18.5. The Morgan fingerprint density at radius 2 is 1.21 bits per heavy atom. The minimum absolute atomic E-state index is 0.0417. The molecule has 0 radical (unpaired) electrons. The van der Waals surface area contributed by atoms with Crippen LogP contribution in [0.1, 0.15) is 5.56 Å². The largest absolute Gasteiger partial charge is 0.508 e. The number of aromatic nitrogens is 3. The van der Waals surface area contributed by atoms with E-state index in [2.05, 4.69) is 15.0 Å². The standard InChI is InChI=1S/C7H8O.C3H6N6.CH2O/c1-6-2-4-7(8)5-3-6;4-1-7-2(5)9-3(6)8-1;1-2/h2-5,8H,1H3;(H6,4,5,6,7,8,9);1H2. The first-order valence-corrected chi connectivity index (χ1v) is 5.04. The maximum Gasteiger partial charge on any atom is 0.226 e. The van der Waals surface area contributed by atoms with E-state index in [4.69, 9.17) is 27.1 Å². The van der Waals surface area contributed by atoms with E-state index in [1.165, 1.54) is 5.56 Å². The van der Waals surface area contributed by atoms with Crippen LogP contribution in [0.5, 0.6) is 5.75 Å². The Morgan fingerprint density at radius 1 is 0.895 bits per heavy atom. The van der Waals surface area contributed by atoms with Crippen molar-refractivity contribution in [3.05, 3.63) is 29.8 Å². The van der Waals surface area contributed by atoms with Crippen molar-refractivity contribution in [3.8, 4) is 5.75 Å². The number of aromatic hydroxyl groups is 1. The number of benzene rings is 1. The molecular weight excluding hydrogens is 248 g/mol. The van der Waals surface area contributed by atoms with Crippen molar-refractivity contribution in [2.45, 2.75) is 6.92 Å². The number of hydrogen-bond acceptors (Lipinski definition) is 8. The summed E-state index contributed by atoms with van der Waals surface area (Å²) in [6.45, 7) is 3.99. The number of anilines is 3. The molecule has 0 amide bonds. The highest BCUT2D eigenvalue weighted by molar-refractivity contribution is 5.33. The van der Waals surface area contributed by atoms with Crippen molar-refractivity contribution in [1.82, 2.24) is 15.0 Å². The number of aryl methyl sites for hydroxylation is 1. The van der Waals surface area contributed by atoms with E-state index in [0.717, 1.165) is 0 Å². The first-order valence-electron chi connectivity index (χ1n) is 5.04. The summed E-state index contributed by atoms with van der Waals surface area (Å²) >= 11 is 0. The Labute approximate surface area is 110 Å². The van der Waals surface area contributed by atoms with Crippen LogP contribution < -0.4 is 17.2 Å². The van der Waals surface area contributed by atoms with Gasteiger partial charge in [0.25, 0.3) is 0 Å². The summed E-state index contributed by atoms with van der Waals surface area (Å²) < 4.78 is 0. The minimum atomic E-state index is 0.0417.